The van der Waals surface area contributed by atoms with Gasteiger partial charge in [0.1, 0.15) is 0 Å². The monoisotopic (exact) mass is 251 g/mol. The Hall–Kier alpha value is -1.26. The van der Waals surface area contributed by atoms with Gasteiger partial charge in [-0.05, 0) is 37.0 Å². The largest absolute Gasteiger partial charge is 0.490 e. The number of aliphatic hydroxyl groups is 1. The first-order valence-electron chi connectivity index (χ1n) is 6.57. The fourth-order valence-corrected chi connectivity index (χ4v) is 2.05. The molecule has 1 atom stereocenters. The van der Waals surface area contributed by atoms with E-state index in [1.165, 1.54) is 0 Å². The maximum Gasteiger partial charge on any atom is 0.161 e. The Labute approximate surface area is 108 Å². The van der Waals surface area contributed by atoms with Gasteiger partial charge in [-0.25, -0.2) is 0 Å². The van der Waals surface area contributed by atoms with E-state index in [2.05, 4.69) is 0 Å². The molecule has 0 amide bonds. The van der Waals surface area contributed by atoms with Crippen LogP contribution in [-0.2, 0) is 0 Å². The SMILES string of the molecule is NC(CCCCO)c1ccc2c(c1)OCCCO2. The van der Waals surface area contributed by atoms with Crippen LogP contribution in [0.2, 0.25) is 0 Å². The number of unbranched alkanes of at least 4 members (excludes halogenated alkanes) is 1. The molecule has 0 spiro atoms. The molecule has 4 heteroatoms. The summed E-state index contributed by atoms with van der Waals surface area (Å²) in [5.74, 6) is 1.60. The third kappa shape index (κ3) is 3.37. The van der Waals surface area contributed by atoms with E-state index in [0.29, 0.717) is 13.2 Å². The van der Waals surface area contributed by atoms with Crippen molar-refractivity contribution in [1.82, 2.24) is 0 Å². The molecule has 0 fully saturated rings. The third-order valence-electron chi connectivity index (χ3n) is 3.12. The predicted octanol–water partition coefficient (Wildman–Crippen LogP) is 2.01. The molecule has 0 saturated carbocycles. The van der Waals surface area contributed by atoms with Gasteiger partial charge in [0.2, 0.25) is 0 Å². The maximum absolute atomic E-state index is 8.76. The van der Waals surface area contributed by atoms with Crippen LogP contribution in [0.15, 0.2) is 18.2 Å². The second-order valence-corrected chi connectivity index (χ2v) is 4.58. The zero-order chi connectivity index (χ0) is 12.8. The number of hydrogen-bond donors (Lipinski definition) is 2. The molecule has 0 radical (unpaired) electrons. The van der Waals surface area contributed by atoms with E-state index in [0.717, 1.165) is 42.7 Å². The highest BCUT2D eigenvalue weighted by atomic mass is 16.5. The summed E-state index contributed by atoms with van der Waals surface area (Å²) in [6.45, 7) is 1.62. The quantitative estimate of drug-likeness (QED) is 0.786. The minimum atomic E-state index is -0.00583. The Morgan fingerprint density at radius 1 is 1.17 bits per heavy atom. The zero-order valence-corrected chi connectivity index (χ0v) is 10.6. The summed E-state index contributed by atoms with van der Waals surface area (Å²) in [4.78, 5) is 0. The molecular formula is C14H21NO3. The van der Waals surface area contributed by atoms with E-state index in [4.69, 9.17) is 20.3 Å². The van der Waals surface area contributed by atoms with E-state index < -0.39 is 0 Å². The summed E-state index contributed by atoms with van der Waals surface area (Å²) in [5.41, 5.74) is 7.20. The molecule has 1 aromatic rings. The van der Waals surface area contributed by atoms with Crippen LogP contribution in [0.25, 0.3) is 0 Å². The smallest absolute Gasteiger partial charge is 0.161 e. The minimum Gasteiger partial charge on any atom is -0.490 e. The van der Waals surface area contributed by atoms with Crippen LogP contribution in [0.3, 0.4) is 0 Å². The van der Waals surface area contributed by atoms with Gasteiger partial charge in [0.15, 0.2) is 11.5 Å². The van der Waals surface area contributed by atoms with Crippen LogP contribution in [0, 0.1) is 0 Å². The fraction of sp³-hybridized carbons (Fsp3) is 0.571. The van der Waals surface area contributed by atoms with Gasteiger partial charge < -0.3 is 20.3 Å². The standard InChI is InChI=1S/C14H21NO3/c15-12(4-1-2-7-16)11-5-6-13-14(10-11)18-9-3-8-17-13/h5-6,10,12,16H,1-4,7-9,15H2. The Balaban J connectivity index is 2.02. The lowest BCUT2D eigenvalue weighted by molar-refractivity contribution is 0.281. The lowest BCUT2D eigenvalue weighted by Crippen LogP contribution is -2.10. The Bertz CT molecular complexity index is 381. The zero-order valence-electron chi connectivity index (χ0n) is 10.6. The number of ether oxygens (including phenoxy) is 2. The molecule has 0 aliphatic carbocycles. The maximum atomic E-state index is 8.76. The Morgan fingerprint density at radius 3 is 2.72 bits per heavy atom. The van der Waals surface area contributed by atoms with Crippen molar-refractivity contribution in [2.45, 2.75) is 31.7 Å². The molecule has 1 heterocycles. The van der Waals surface area contributed by atoms with Crippen molar-refractivity contribution in [3.05, 3.63) is 23.8 Å². The van der Waals surface area contributed by atoms with Crippen molar-refractivity contribution in [3.8, 4) is 11.5 Å². The summed E-state index contributed by atoms with van der Waals surface area (Å²) in [5, 5.41) is 8.76. The van der Waals surface area contributed by atoms with Crippen molar-refractivity contribution >= 4 is 0 Å². The topological polar surface area (TPSA) is 64.7 Å². The molecule has 1 aliphatic heterocycles. The summed E-state index contributed by atoms with van der Waals surface area (Å²) < 4.78 is 11.2. The number of aliphatic hydroxyl groups excluding tert-OH is 1. The van der Waals surface area contributed by atoms with Crippen molar-refractivity contribution in [2.75, 3.05) is 19.8 Å². The van der Waals surface area contributed by atoms with Crippen LogP contribution >= 0.6 is 0 Å². The molecule has 2 rings (SSSR count). The van der Waals surface area contributed by atoms with Crippen LogP contribution in [0.5, 0.6) is 11.5 Å². The number of benzene rings is 1. The molecule has 0 aromatic heterocycles. The second kappa shape index (κ2) is 6.61. The van der Waals surface area contributed by atoms with E-state index in [-0.39, 0.29) is 12.6 Å². The lowest BCUT2D eigenvalue weighted by atomic mass is 10.0. The number of rotatable bonds is 5. The fourth-order valence-electron chi connectivity index (χ4n) is 2.05. The van der Waals surface area contributed by atoms with Gasteiger partial charge in [-0.3, -0.25) is 0 Å². The highest BCUT2D eigenvalue weighted by Crippen LogP contribution is 2.32. The number of nitrogens with two attached hydrogens (primary N) is 1. The average Bonchev–Trinajstić information content (AvgIpc) is 2.63. The van der Waals surface area contributed by atoms with Crippen molar-refractivity contribution in [2.24, 2.45) is 5.73 Å². The average molecular weight is 251 g/mol. The molecule has 3 N–H and O–H groups in total. The van der Waals surface area contributed by atoms with E-state index >= 15 is 0 Å². The summed E-state index contributed by atoms with van der Waals surface area (Å²) in [6.07, 6.45) is 3.52. The Morgan fingerprint density at radius 2 is 1.94 bits per heavy atom. The first-order valence-corrected chi connectivity index (χ1v) is 6.57. The van der Waals surface area contributed by atoms with Crippen molar-refractivity contribution in [1.29, 1.82) is 0 Å². The van der Waals surface area contributed by atoms with Crippen molar-refractivity contribution in [3.63, 3.8) is 0 Å². The molecule has 18 heavy (non-hydrogen) atoms. The van der Waals surface area contributed by atoms with E-state index in [1.54, 1.807) is 0 Å². The first kappa shape index (κ1) is 13.2. The van der Waals surface area contributed by atoms with Crippen molar-refractivity contribution < 1.29 is 14.6 Å². The molecule has 0 saturated heterocycles. The van der Waals surface area contributed by atoms with Gasteiger partial charge in [0, 0.05) is 19.1 Å². The molecular weight excluding hydrogens is 230 g/mol. The summed E-state index contributed by atoms with van der Waals surface area (Å²) in [6, 6.07) is 5.90. The summed E-state index contributed by atoms with van der Waals surface area (Å²) in [7, 11) is 0. The highest BCUT2D eigenvalue weighted by molar-refractivity contribution is 5.44. The van der Waals surface area contributed by atoms with E-state index in [1.807, 2.05) is 18.2 Å². The lowest BCUT2D eigenvalue weighted by Gasteiger charge is -2.14. The molecule has 1 aromatic carbocycles. The van der Waals surface area contributed by atoms with Gasteiger partial charge in [-0.2, -0.15) is 0 Å². The molecule has 1 aliphatic rings. The van der Waals surface area contributed by atoms with Crippen LogP contribution in [0.4, 0.5) is 0 Å². The minimum absolute atomic E-state index is 0.00583. The van der Waals surface area contributed by atoms with Gasteiger partial charge in [0.05, 0.1) is 13.2 Å². The highest BCUT2D eigenvalue weighted by Gasteiger charge is 2.13. The van der Waals surface area contributed by atoms with E-state index in [9.17, 15) is 0 Å². The number of hydrogen-bond acceptors (Lipinski definition) is 4. The second-order valence-electron chi connectivity index (χ2n) is 4.58. The first-order chi connectivity index (χ1) is 8.81. The molecule has 100 valence electrons. The Kier molecular flexibility index (Phi) is 4.84. The molecule has 4 nitrogen and oxygen atoms in total. The van der Waals surface area contributed by atoms with Crippen LogP contribution in [-0.4, -0.2) is 24.9 Å². The molecule has 0 bridgehead atoms. The van der Waals surface area contributed by atoms with Gasteiger partial charge in [-0.15, -0.1) is 0 Å². The van der Waals surface area contributed by atoms with Gasteiger partial charge >= 0.3 is 0 Å². The van der Waals surface area contributed by atoms with Crippen LogP contribution < -0.4 is 15.2 Å². The third-order valence-corrected chi connectivity index (χ3v) is 3.12. The summed E-state index contributed by atoms with van der Waals surface area (Å²) >= 11 is 0. The molecule has 1 unspecified atom stereocenters. The van der Waals surface area contributed by atoms with Crippen LogP contribution in [0.1, 0.15) is 37.3 Å². The number of fused-ring (bicyclic) bond motifs is 1. The normalized spacial score (nSPS) is 16.1. The predicted molar refractivity (Wildman–Crippen MR) is 69.9 cm³/mol. The van der Waals surface area contributed by atoms with Gasteiger partial charge in [0.25, 0.3) is 0 Å². The van der Waals surface area contributed by atoms with Gasteiger partial charge in [-0.1, -0.05) is 6.07 Å².